The van der Waals surface area contributed by atoms with Gasteiger partial charge in [-0.2, -0.15) is 0 Å². The summed E-state index contributed by atoms with van der Waals surface area (Å²) in [5, 5.41) is 10.8. The molecular weight excluding hydrogens is 180 g/mol. The summed E-state index contributed by atoms with van der Waals surface area (Å²) in [5.74, 6) is 1.11. The Kier molecular flexibility index (Phi) is 3.24. The summed E-state index contributed by atoms with van der Waals surface area (Å²) in [7, 11) is 1.66. The molecule has 14 heavy (non-hydrogen) atoms. The molecule has 0 aromatic carbocycles. The van der Waals surface area contributed by atoms with E-state index in [9.17, 15) is 0 Å². The fourth-order valence-corrected chi connectivity index (χ4v) is 1.15. The van der Waals surface area contributed by atoms with Crippen molar-refractivity contribution in [3.63, 3.8) is 0 Å². The van der Waals surface area contributed by atoms with E-state index >= 15 is 0 Å². The predicted molar refractivity (Wildman–Crippen MR) is 56.0 cm³/mol. The molecule has 0 spiro atoms. The van der Waals surface area contributed by atoms with Gasteiger partial charge in [0.1, 0.15) is 11.6 Å². The van der Waals surface area contributed by atoms with Gasteiger partial charge in [0.15, 0.2) is 0 Å². The maximum absolute atomic E-state index is 5.42. The van der Waals surface area contributed by atoms with Crippen LogP contribution in [-0.2, 0) is 4.74 Å². The van der Waals surface area contributed by atoms with Gasteiger partial charge in [0.05, 0.1) is 12.1 Å². The molecule has 1 rings (SSSR count). The minimum absolute atomic E-state index is 0.167. The van der Waals surface area contributed by atoms with Gasteiger partial charge in [-0.1, -0.05) is 0 Å². The number of nitrogen functional groups attached to an aromatic ring is 1. The fraction of sp³-hybridized carbons (Fsp3) is 0.556. The van der Waals surface area contributed by atoms with Crippen LogP contribution in [-0.4, -0.2) is 29.5 Å². The second-order valence-electron chi connectivity index (χ2n) is 3.79. The van der Waals surface area contributed by atoms with E-state index < -0.39 is 0 Å². The first-order valence-electron chi connectivity index (χ1n) is 4.40. The molecule has 3 N–H and O–H groups in total. The topological polar surface area (TPSA) is 73.1 Å². The highest BCUT2D eigenvalue weighted by Gasteiger charge is 2.17. The Morgan fingerprint density at radius 2 is 2.14 bits per heavy atom. The molecule has 0 atom stereocenters. The van der Waals surface area contributed by atoms with Gasteiger partial charge in [-0.15, -0.1) is 10.2 Å². The summed E-state index contributed by atoms with van der Waals surface area (Å²) in [4.78, 5) is 0. The average molecular weight is 196 g/mol. The molecule has 0 radical (unpaired) electrons. The smallest absolute Gasteiger partial charge is 0.149 e. The van der Waals surface area contributed by atoms with Crippen LogP contribution < -0.4 is 11.1 Å². The number of anilines is 2. The Morgan fingerprint density at radius 3 is 2.64 bits per heavy atom. The molecule has 78 valence electrons. The number of nitrogens with two attached hydrogens (primary N) is 1. The normalized spacial score (nSPS) is 11.4. The fourth-order valence-electron chi connectivity index (χ4n) is 1.15. The molecule has 5 heteroatoms. The number of hydrogen-bond donors (Lipinski definition) is 2. The highest BCUT2D eigenvalue weighted by atomic mass is 16.5. The van der Waals surface area contributed by atoms with Gasteiger partial charge in [0, 0.05) is 7.11 Å². The lowest BCUT2D eigenvalue weighted by molar-refractivity contribution is 0.158. The largest absolute Gasteiger partial charge is 0.382 e. The lowest BCUT2D eigenvalue weighted by atomic mass is 10.1. The molecule has 1 aromatic rings. The van der Waals surface area contributed by atoms with Gasteiger partial charge in [0.25, 0.3) is 0 Å². The van der Waals surface area contributed by atoms with E-state index in [0.717, 1.165) is 0 Å². The molecule has 0 amide bonds. The quantitative estimate of drug-likeness (QED) is 0.748. The average Bonchev–Trinajstić information content (AvgIpc) is 2.08. The first kappa shape index (κ1) is 10.7. The van der Waals surface area contributed by atoms with E-state index in [-0.39, 0.29) is 5.54 Å². The van der Waals surface area contributed by atoms with Gasteiger partial charge >= 0.3 is 0 Å². The zero-order valence-corrected chi connectivity index (χ0v) is 8.74. The third kappa shape index (κ3) is 3.18. The van der Waals surface area contributed by atoms with Crippen LogP contribution in [0.25, 0.3) is 0 Å². The molecule has 0 saturated carbocycles. The number of ether oxygens (including phenoxy) is 1. The van der Waals surface area contributed by atoms with Crippen molar-refractivity contribution in [1.82, 2.24) is 10.2 Å². The molecule has 0 saturated heterocycles. The summed E-state index contributed by atoms with van der Waals surface area (Å²) in [6.45, 7) is 4.64. The minimum Gasteiger partial charge on any atom is -0.382 e. The molecule has 1 heterocycles. The molecule has 0 aliphatic heterocycles. The zero-order chi connectivity index (χ0) is 10.6. The van der Waals surface area contributed by atoms with Crippen molar-refractivity contribution in [3.05, 3.63) is 12.1 Å². The van der Waals surface area contributed by atoms with E-state index in [4.69, 9.17) is 10.5 Å². The van der Waals surface area contributed by atoms with Gasteiger partial charge < -0.3 is 15.8 Å². The second kappa shape index (κ2) is 4.23. The molecule has 0 aliphatic carbocycles. The van der Waals surface area contributed by atoms with Gasteiger partial charge in [-0.05, 0) is 26.0 Å². The molecule has 0 unspecified atom stereocenters. The molecule has 0 bridgehead atoms. The first-order chi connectivity index (χ1) is 6.53. The van der Waals surface area contributed by atoms with Crippen LogP contribution in [0, 0.1) is 0 Å². The zero-order valence-electron chi connectivity index (χ0n) is 8.74. The Labute approximate surface area is 83.7 Å². The van der Waals surface area contributed by atoms with Crippen molar-refractivity contribution in [2.45, 2.75) is 19.4 Å². The number of hydrogen-bond acceptors (Lipinski definition) is 5. The Hall–Kier alpha value is -1.36. The van der Waals surface area contributed by atoms with Crippen LogP contribution >= 0.6 is 0 Å². The van der Waals surface area contributed by atoms with Crippen LogP contribution in [0.15, 0.2) is 12.1 Å². The lowest BCUT2D eigenvalue weighted by Gasteiger charge is -2.25. The number of methoxy groups -OCH3 is 1. The van der Waals surface area contributed by atoms with Crippen molar-refractivity contribution in [2.24, 2.45) is 0 Å². The van der Waals surface area contributed by atoms with Crippen LogP contribution in [0.5, 0.6) is 0 Å². The van der Waals surface area contributed by atoms with Gasteiger partial charge in [0.2, 0.25) is 0 Å². The standard InChI is InChI=1S/C9H16N4O/c1-9(2,6-14-3)11-8-5-4-7(10)12-13-8/h4-5H,6H2,1-3H3,(H2,10,12)(H,11,13). The van der Waals surface area contributed by atoms with Crippen molar-refractivity contribution < 1.29 is 4.74 Å². The summed E-state index contributed by atoms with van der Waals surface area (Å²) >= 11 is 0. The van der Waals surface area contributed by atoms with Crippen LogP contribution in [0.2, 0.25) is 0 Å². The van der Waals surface area contributed by atoms with E-state index in [2.05, 4.69) is 15.5 Å². The van der Waals surface area contributed by atoms with Crippen LogP contribution in [0.1, 0.15) is 13.8 Å². The number of rotatable bonds is 4. The highest BCUT2D eigenvalue weighted by Crippen LogP contribution is 2.12. The SMILES string of the molecule is COCC(C)(C)Nc1ccc(N)nn1. The molecule has 1 aromatic heterocycles. The number of nitrogens with zero attached hydrogens (tertiary/aromatic N) is 2. The Balaban J connectivity index is 2.64. The monoisotopic (exact) mass is 196 g/mol. The van der Waals surface area contributed by atoms with E-state index in [0.29, 0.717) is 18.2 Å². The first-order valence-corrected chi connectivity index (χ1v) is 4.40. The van der Waals surface area contributed by atoms with Gasteiger partial charge in [-0.25, -0.2) is 0 Å². The number of aromatic nitrogens is 2. The van der Waals surface area contributed by atoms with E-state index in [1.54, 1.807) is 19.2 Å². The lowest BCUT2D eigenvalue weighted by Crippen LogP contribution is -2.36. The maximum atomic E-state index is 5.42. The number of nitrogens with one attached hydrogen (secondary N) is 1. The van der Waals surface area contributed by atoms with E-state index in [1.807, 2.05) is 13.8 Å². The van der Waals surface area contributed by atoms with Gasteiger partial charge in [-0.3, -0.25) is 0 Å². The maximum Gasteiger partial charge on any atom is 0.149 e. The molecular formula is C9H16N4O. The van der Waals surface area contributed by atoms with Crippen molar-refractivity contribution in [3.8, 4) is 0 Å². The minimum atomic E-state index is -0.167. The summed E-state index contributed by atoms with van der Waals surface area (Å²) in [5.41, 5.74) is 5.26. The Morgan fingerprint density at radius 1 is 1.43 bits per heavy atom. The highest BCUT2D eigenvalue weighted by molar-refractivity contribution is 5.40. The summed E-state index contributed by atoms with van der Waals surface area (Å²) in [6, 6.07) is 3.50. The molecule has 5 nitrogen and oxygen atoms in total. The summed E-state index contributed by atoms with van der Waals surface area (Å²) < 4.78 is 5.07. The molecule has 0 aliphatic rings. The molecule has 0 fully saturated rings. The Bertz CT molecular complexity index is 283. The van der Waals surface area contributed by atoms with Crippen LogP contribution in [0.3, 0.4) is 0 Å². The van der Waals surface area contributed by atoms with Crippen LogP contribution in [0.4, 0.5) is 11.6 Å². The van der Waals surface area contributed by atoms with Crippen molar-refractivity contribution >= 4 is 11.6 Å². The van der Waals surface area contributed by atoms with E-state index in [1.165, 1.54) is 0 Å². The third-order valence-electron chi connectivity index (χ3n) is 1.66. The van der Waals surface area contributed by atoms with Crippen molar-refractivity contribution in [2.75, 3.05) is 24.8 Å². The summed E-state index contributed by atoms with van der Waals surface area (Å²) in [6.07, 6.45) is 0. The van der Waals surface area contributed by atoms with Crippen molar-refractivity contribution in [1.29, 1.82) is 0 Å². The predicted octanol–water partition coefficient (Wildman–Crippen LogP) is 0.896. The second-order valence-corrected chi connectivity index (χ2v) is 3.79. The third-order valence-corrected chi connectivity index (χ3v) is 1.66.